The molecule has 0 aliphatic rings. The summed E-state index contributed by atoms with van der Waals surface area (Å²) < 4.78 is 6.13. The molecule has 0 saturated heterocycles. The van der Waals surface area contributed by atoms with Crippen molar-refractivity contribution >= 4 is 27.5 Å². The van der Waals surface area contributed by atoms with Gasteiger partial charge in [-0.1, -0.05) is 28.0 Å². The fourth-order valence-electron chi connectivity index (χ4n) is 2.00. The molecule has 0 fully saturated rings. The van der Waals surface area contributed by atoms with E-state index in [1.165, 1.54) is 0 Å². The molecule has 1 atom stereocenters. The van der Waals surface area contributed by atoms with Gasteiger partial charge < -0.3 is 20.6 Å². The van der Waals surface area contributed by atoms with E-state index in [9.17, 15) is 0 Å². The van der Waals surface area contributed by atoms with Crippen molar-refractivity contribution in [2.75, 3.05) is 25.2 Å². The molecule has 0 spiro atoms. The number of benzene rings is 1. The minimum atomic E-state index is 0.109. The first-order chi connectivity index (χ1) is 9.54. The van der Waals surface area contributed by atoms with Crippen molar-refractivity contribution in [3.63, 3.8) is 0 Å². The average Bonchev–Trinajstić information content (AvgIpc) is 2.46. The van der Waals surface area contributed by atoms with Gasteiger partial charge in [-0.05, 0) is 31.5 Å². The molecule has 0 heterocycles. The van der Waals surface area contributed by atoms with Crippen molar-refractivity contribution < 1.29 is 9.94 Å². The Bertz CT molecular complexity index is 466. The van der Waals surface area contributed by atoms with E-state index in [0.717, 1.165) is 23.1 Å². The van der Waals surface area contributed by atoms with Gasteiger partial charge >= 0.3 is 0 Å². The van der Waals surface area contributed by atoms with Crippen molar-refractivity contribution in [1.29, 1.82) is 0 Å². The third-order valence-electron chi connectivity index (χ3n) is 3.31. The van der Waals surface area contributed by atoms with Crippen LogP contribution in [0.5, 0.6) is 0 Å². The van der Waals surface area contributed by atoms with Crippen LogP contribution < -0.4 is 10.6 Å². The molecule has 1 aromatic rings. The van der Waals surface area contributed by atoms with Crippen LogP contribution in [0.15, 0.2) is 27.8 Å². The number of rotatable bonds is 7. The second kappa shape index (κ2) is 8.11. The maximum absolute atomic E-state index is 8.94. The summed E-state index contributed by atoms with van der Waals surface area (Å²) in [5.74, 6) is 0.109. The van der Waals surface area contributed by atoms with Gasteiger partial charge in [0.25, 0.3) is 0 Å². The zero-order chi connectivity index (χ0) is 15.1. The van der Waals surface area contributed by atoms with E-state index in [2.05, 4.69) is 39.8 Å². The summed E-state index contributed by atoms with van der Waals surface area (Å²) >= 11 is 3.47. The molecule has 0 aromatic heterocycles. The first-order valence-corrected chi connectivity index (χ1v) is 7.37. The van der Waals surface area contributed by atoms with Gasteiger partial charge in [0.15, 0.2) is 5.84 Å². The molecule has 0 amide bonds. The van der Waals surface area contributed by atoms with Crippen LogP contribution in [0, 0.1) is 0 Å². The summed E-state index contributed by atoms with van der Waals surface area (Å²) in [5, 5.41) is 12.1. The second-order valence-corrected chi connectivity index (χ2v) is 5.51. The summed E-state index contributed by atoms with van der Waals surface area (Å²) in [6.45, 7) is 5.64. The Morgan fingerprint density at radius 1 is 1.55 bits per heavy atom. The Labute approximate surface area is 128 Å². The smallest absolute Gasteiger partial charge is 0.172 e. The van der Waals surface area contributed by atoms with Gasteiger partial charge in [-0.2, -0.15) is 0 Å². The van der Waals surface area contributed by atoms with Crippen LogP contribution in [0.2, 0.25) is 0 Å². The Morgan fingerprint density at radius 2 is 2.25 bits per heavy atom. The Kier molecular flexibility index (Phi) is 6.81. The van der Waals surface area contributed by atoms with Gasteiger partial charge in [-0.15, -0.1) is 0 Å². The fraction of sp³-hybridized carbons (Fsp3) is 0.500. The topological polar surface area (TPSA) is 71.1 Å². The third kappa shape index (κ3) is 4.11. The van der Waals surface area contributed by atoms with Crippen molar-refractivity contribution in [2.45, 2.75) is 26.3 Å². The standard InChI is InChI=1S/C14H22BrN3O2/c1-4-10(2)18(7-8-20-3)13-9-11(15)5-6-12(13)14(16)17-19/h5-6,9-10,19H,4,7-8H2,1-3H3,(H2,16,17). The maximum atomic E-state index is 8.94. The summed E-state index contributed by atoms with van der Waals surface area (Å²) in [4.78, 5) is 2.21. The normalized spacial score (nSPS) is 13.3. The number of nitrogens with two attached hydrogens (primary N) is 1. The van der Waals surface area contributed by atoms with Gasteiger partial charge in [-0.25, -0.2) is 0 Å². The number of methoxy groups -OCH3 is 1. The number of hydrogen-bond donors (Lipinski definition) is 2. The lowest BCUT2D eigenvalue weighted by molar-refractivity contribution is 0.203. The molecule has 0 aliphatic heterocycles. The van der Waals surface area contributed by atoms with Crippen LogP contribution in [0.1, 0.15) is 25.8 Å². The first kappa shape index (κ1) is 16.8. The maximum Gasteiger partial charge on any atom is 0.172 e. The van der Waals surface area contributed by atoms with Crippen LogP contribution in [-0.4, -0.2) is 37.3 Å². The van der Waals surface area contributed by atoms with Crippen molar-refractivity contribution in [1.82, 2.24) is 0 Å². The molecule has 0 bridgehead atoms. The quantitative estimate of drug-likeness (QED) is 0.345. The highest BCUT2D eigenvalue weighted by atomic mass is 79.9. The van der Waals surface area contributed by atoms with Gasteiger partial charge in [0.2, 0.25) is 0 Å². The second-order valence-electron chi connectivity index (χ2n) is 4.59. The summed E-state index contributed by atoms with van der Waals surface area (Å²) in [6.07, 6.45) is 0.992. The monoisotopic (exact) mass is 343 g/mol. The van der Waals surface area contributed by atoms with Crippen molar-refractivity contribution in [3.05, 3.63) is 28.2 Å². The molecule has 3 N–H and O–H groups in total. The number of anilines is 1. The number of oxime groups is 1. The van der Waals surface area contributed by atoms with Gasteiger partial charge in [-0.3, -0.25) is 0 Å². The molecule has 0 radical (unpaired) electrons. The van der Waals surface area contributed by atoms with Crippen molar-refractivity contribution in [2.24, 2.45) is 10.9 Å². The lowest BCUT2D eigenvalue weighted by Gasteiger charge is -2.32. The highest BCUT2D eigenvalue weighted by Crippen LogP contribution is 2.27. The van der Waals surface area contributed by atoms with E-state index in [1.807, 2.05) is 18.2 Å². The molecule has 1 unspecified atom stereocenters. The first-order valence-electron chi connectivity index (χ1n) is 6.58. The average molecular weight is 344 g/mol. The largest absolute Gasteiger partial charge is 0.409 e. The minimum Gasteiger partial charge on any atom is -0.409 e. The van der Waals surface area contributed by atoms with E-state index >= 15 is 0 Å². The lowest BCUT2D eigenvalue weighted by Crippen LogP contribution is -2.37. The number of nitrogens with zero attached hydrogens (tertiary/aromatic N) is 2. The fourth-order valence-corrected chi connectivity index (χ4v) is 2.35. The van der Waals surface area contributed by atoms with Crippen LogP contribution in [0.25, 0.3) is 0 Å². The molecule has 1 aromatic carbocycles. The van der Waals surface area contributed by atoms with Crippen LogP contribution >= 0.6 is 15.9 Å². The Balaban J connectivity index is 3.25. The minimum absolute atomic E-state index is 0.109. The van der Waals surface area contributed by atoms with Gasteiger partial charge in [0.1, 0.15) is 0 Å². The molecule has 6 heteroatoms. The van der Waals surface area contributed by atoms with E-state index in [-0.39, 0.29) is 5.84 Å². The summed E-state index contributed by atoms with van der Waals surface area (Å²) in [6, 6.07) is 6.03. The SMILES string of the molecule is CCC(C)N(CCOC)c1cc(Br)ccc1/C(N)=N/O. The van der Waals surface area contributed by atoms with Crippen LogP contribution in [-0.2, 0) is 4.74 Å². The van der Waals surface area contributed by atoms with Gasteiger partial charge in [0, 0.05) is 35.4 Å². The zero-order valence-electron chi connectivity index (χ0n) is 12.1. The summed E-state index contributed by atoms with van der Waals surface area (Å²) in [7, 11) is 1.68. The molecule has 0 aliphatic carbocycles. The predicted molar refractivity (Wildman–Crippen MR) is 85.6 cm³/mol. The van der Waals surface area contributed by atoms with Gasteiger partial charge in [0.05, 0.1) is 6.61 Å². The molecule has 5 nitrogen and oxygen atoms in total. The lowest BCUT2D eigenvalue weighted by atomic mass is 10.1. The summed E-state index contributed by atoms with van der Waals surface area (Å²) in [5.41, 5.74) is 7.43. The van der Waals surface area contributed by atoms with Crippen LogP contribution in [0.4, 0.5) is 5.69 Å². The molecular formula is C14H22BrN3O2. The number of halogens is 1. The Morgan fingerprint density at radius 3 is 2.80 bits per heavy atom. The number of hydrogen-bond acceptors (Lipinski definition) is 4. The molecule has 0 saturated carbocycles. The van der Waals surface area contributed by atoms with E-state index in [0.29, 0.717) is 18.2 Å². The molecule has 20 heavy (non-hydrogen) atoms. The van der Waals surface area contributed by atoms with E-state index < -0.39 is 0 Å². The number of ether oxygens (including phenoxy) is 1. The predicted octanol–water partition coefficient (Wildman–Crippen LogP) is 2.79. The molecule has 1 rings (SSSR count). The highest BCUT2D eigenvalue weighted by molar-refractivity contribution is 9.10. The third-order valence-corrected chi connectivity index (χ3v) is 3.81. The number of amidine groups is 1. The Hall–Kier alpha value is -1.27. The van der Waals surface area contributed by atoms with E-state index in [4.69, 9.17) is 15.7 Å². The zero-order valence-corrected chi connectivity index (χ0v) is 13.7. The van der Waals surface area contributed by atoms with Crippen LogP contribution in [0.3, 0.4) is 0 Å². The molecule has 112 valence electrons. The highest BCUT2D eigenvalue weighted by Gasteiger charge is 2.18. The van der Waals surface area contributed by atoms with Crippen molar-refractivity contribution in [3.8, 4) is 0 Å². The molecular weight excluding hydrogens is 322 g/mol. The van der Waals surface area contributed by atoms with E-state index in [1.54, 1.807) is 7.11 Å².